The zero-order valence-corrected chi connectivity index (χ0v) is 21.7. The minimum atomic E-state index is -0.878. The van der Waals surface area contributed by atoms with Crippen molar-refractivity contribution in [2.45, 2.75) is 58.3 Å². The topological polar surface area (TPSA) is 63.6 Å². The third-order valence-electron chi connectivity index (χ3n) is 4.40. The molecule has 0 saturated carbocycles. The van der Waals surface area contributed by atoms with Gasteiger partial charge >= 0.3 is 11.9 Å². The van der Waals surface area contributed by atoms with E-state index in [1.54, 1.807) is 24.3 Å². The monoisotopic (exact) mass is 636 g/mol. The Kier molecular flexibility index (Phi) is 14.8. The van der Waals surface area contributed by atoms with E-state index >= 15 is 0 Å². The number of carboxylic acid groups (broad SMARTS) is 1. The van der Waals surface area contributed by atoms with Crippen molar-refractivity contribution in [3.63, 3.8) is 0 Å². The quantitative estimate of drug-likeness (QED) is 0.157. The average Bonchev–Trinajstić information content (AvgIpc) is 2.73. The first-order chi connectivity index (χ1) is 14.4. The summed E-state index contributed by atoms with van der Waals surface area (Å²) in [5.41, 5.74) is 0.977. The van der Waals surface area contributed by atoms with Crippen molar-refractivity contribution in [3.8, 4) is 0 Å². The number of hydrogen-bond donors (Lipinski definition) is 1. The number of carboxylic acids is 1. The Hall–Kier alpha value is -1.16. The van der Waals surface area contributed by atoms with Gasteiger partial charge in [0.1, 0.15) is 0 Å². The maximum atomic E-state index is 11.7. The van der Waals surface area contributed by atoms with Crippen LogP contribution in [0.5, 0.6) is 0 Å². The zero-order valence-electron chi connectivity index (χ0n) is 17.4. The largest absolute Gasteiger partial charge is 0.478 e. The summed E-state index contributed by atoms with van der Waals surface area (Å²) in [5.74, 6) is -1.08. The highest BCUT2D eigenvalue weighted by Gasteiger charge is 2.05. The number of rotatable bonds is 11. The lowest BCUT2D eigenvalue weighted by molar-refractivity contribution is 0.0497. The fourth-order valence-corrected chi connectivity index (χ4v) is 3.38. The van der Waals surface area contributed by atoms with Gasteiger partial charge in [-0.3, -0.25) is 0 Å². The molecule has 0 aliphatic heterocycles. The van der Waals surface area contributed by atoms with Crippen LogP contribution < -0.4 is 0 Å². The van der Waals surface area contributed by atoms with Crippen molar-refractivity contribution in [1.29, 1.82) is 0 Å². The van der Waals surface area contributed by atoms with Crippen molar-refractivity contribution in [2.75, 3.05) is 6.61 Å². The number of unbranched alkanes of at least 4 members (excludes halogenated alkanes) is 7. The van der Waals surface area contributed by atoms with Crippen LogP contribution >= 0.6 is 45.2 Å². The van der Waals surface area contributed by atoms with Crippen molar-refractivity contribution >= 4 is 57.1 Å². The molecule has 2 aromatic carbocycles. The molecule has 4 nitrogen and oxygen atoms in total. The maximum absolute atomic E-state index is 11.7. The Balaban J connectivity index is 0.000000375. The summed E-state index contributed by atoms with van der Waals surface area (Å²) in [7, 11) is 0. The molecule has 164 valence electrons. The van der Waals surface area contributed by atoms with Gasteiger partial charge in [-0.1, -0.05) is 51.9 Å². The van der Waals surface area contributed by atoms with Crippen molar-refractivity contribution in [2.24, 2.45) is 0 Å². The number of carbonyl (C=O) groups excluding carboxylic acids is 1. The fourth-order valence-electron chi connectivity index (χ4n) is 2.66. The smallest absolute Gasteiger partial charge is 0.338 e. The molecule has 0 amide bonds. The molecule has 0 fully saturated rings. The first kappa shape index (κ1) is 26.9. The first-order valence-electron chi connectivity index (χ1n) is 10.4. The van der Waals surface area contributed by atoms with Crippen LogP contribution in [0.3, 0.4) is 0 Å². The molecular weight excluding hydrogens is 606 g/mol. The van der Waals surface area contributed by atoms with E-state index in [4.69, 9.17) is 9.84 Å². The van der Waals surface area contributed by atoms with Crippen LogP contribution in [0.25, 0.3) is 0 Å². The zero-order chi connectivity index (χ0) is 22.2. The van der Waals surface area contributed by atoms with Gasteiger partial charge in [-0.2, -0.15) is 0 Å². The number of halogens is 2. The Morgan fingerprint density at radius 1 is 0.733 bits per heavy atom. The summed E-state index contributed by atoms with van der Waals surface area (Å²) in [6.07, 6.45) is 10.1. The van der Waals surface area contributed by atoms with Crippen LogP contribution in [0, 0.1) is 7.14 Å². The standard InChI is InChI=1S/C17H25IO2.C7H5IO2/c1-2-3-4-5-6-7-8-9-14-20-17(19)15-10-12-16(18)13-11-15;8-6-3-1-5(2-4-6)7(9)10/h10-13H,2-9,14H2,1H3;1-4H,(H,9,10). The second-order valence-electron chi connectivity index (χ2n) is 6.93. The van der Waals surface area contributed by atoms with Crippen LogP contribution in [0.4, 0.5) is 0 Å². The van der Waals surface area contributed by atoms with E-state index in [1.807, 2.05) is 24.3 Å². The normalized spacial score (nSPS) is 10.1. The van der Waals surface area contributed by atoms with Crippen molar-refractivity contribution < 1.29 is 19.4 Å². The fraction of sp³-hybridized carbons (Fsp3) is 0.417. The molecule has 0 atom stereocenters. The number of esters is 1. The van der Waals surface area contributed by atoms with E-state index in [0.717, 1.165) is 20.0 Å². The van der Waals surface area contributed by atoms with Crippen molar-refractivity contribution in [3.05, 3.63) is 66.8 Å². The highest BCUT2D eigenvalue weighted by atomic mass is 127. The average molecular weight is 636 g/mol. The third-order valence-corrected chi connectivity index (χ3v) is 5.84. The minimum Gasteiger partial charge on any atom is -0.478 e. The van der Waals surface area contributed by atoms with Crippen LogP contribution in [-0.2, 0) is 4.74 Å². The molecule has 2 aromatic rings. The summed E-state index contributed by atoms with van der Waals surface area (Å²) in [6, 6.07) is 14.2. The van der Waals surface area contributed by atoms with E-state index in [1.165, 1.54) is 38.5 Å². The van der Waals surface area contributed by atoms with Gasteiger partial charge in [0, 0.05) is 7.14 Å². The van der Waals surface area contributed by atoms with Gasteiger partial charge in [-0.15, -0.1) is 0 Å². The lowest BCUT2D eigenvalue weighted by atomic mass is 10.1. The third kappa shape index (κ3) is 12.5. The van der Waals surface area contributed by atoms with Crippen LogP contribution in [0.2, 0.25) is 0 Å². The van der Waals surface area contributed by atoms with Gasteiger partial charge in [0.25, 0.3) is 0 Å². The molecule has 30 heavy (non-hydrogen) atoms. The Bertz CT molecular complexity index is 743. The van der Waals surface area contributed by atoms with Gasteiger partial charge in [-0.25, -0.2) is 9.59 Å². The van der Waals surface area contributed by atoms with Gasteiger partial charge in [0.2, 0.25) is 0 Å². The molecular formula is C24H30I2O4. The minimum absolute atomic E-state index is 0.204. The number of aromatic carboxylic acids is 1. The Morgan fingerprint density at radius 2 is 1.17 bits per heavy atom. The van der Waals surface area contributed by atoms with E-state index < -0.39 is 5.97 Å². The molecule has 0 aromatic heterocycles. The van der Waals surface area contributed by atoms with Crippen LogP contribution in [0.15, 0.2) is 48.5 Å². The SMILES string of the molecule is CCCCCCCCCCOC(=O)c1ccc(I)cc1.O=C(O)c1ccc(I)cc1. The number of carbonyl (C=O) groups is 2. The molecule has 0 unspecified atom stereocenters. The summed E-state index contributed by atoms with van der Waals surface area (Å²) in [6.45, 7) is 2.78. The maximum Gasteiger partial charge on any atom is 0.338 e. The molecule has 0 bridgehead atoms. The lowest BCUT2D eigenvalue weighted by Gasteiger charge is -2.05. The molecule has 0 radical (unpaired) electrons. The van der Waals surface area contributed by atoms with Crippen molar-refractivity contribution in [1.82, 2.24) is 0 Å². The lowest BCUT2D eigenvalue weighted by Crippen LogP contribution is -2.06. The highest BCUT2D eigenvalue weighted by Crippen LogP contribution is 2.10. The van der Waals surface area contributed by atoms with Gasteiger partial charge < -0.3 is 9.84 Å². The van der Waals surface area contributed by atoms with Crippen LogP contribution in [0.1, 0.15) is 79.0 Å². The highest BCUT2D eigenvalue weighted by molar-refractivity contribution is 14.1. The molecule has 6 heteroatoms. The van der Waals surface area contributed by atoms with Gasteiger partial charge in [0.15, 0.2) is 0 Å². The van der Waals surface area contributed by atoms with E-state index in [0.29, 0.717) is 17.7 Å². The van der Waals surface area contributed by atoms with E-state index in [9.17, 15) is 9.59 Å². The summed E-state index contributed by atoms with van der Waals surface area (Å²) in [5, 5.41) is 8.47. The van der Waals surface area contributed by atoms with Gasteiger partial charge in [0.05, 0.1) is 17.7 Å². The first-order valence-corrected chi connectivity index (χ1v) is 12.5. The molecule has 1 N–H and O–H groups in total. The number of hydrogen-bond acceptors (Lipinski definition) is 3. The second-order valence-corrected chi connectivity index (χ2v) is 9.42. The van der Waals surface area contributed by atoms with E-state index in [-0.39, 0.29) is 5.97 Å². The summed E-state index contributed by atoms with van der Waals surface area (Å²) < 4.78 is 7.44. The Labute approximate surface area is 207 Å². The molecule has 0 aliphatic rings. The molecule has 0 heterocycles. The summed E-state index contributed by atoms with van der Waals surface area (Å²) >= 11 is 4.35. The molecule has 0 spiro atoms. The molecule has 0 aliphatic carbocycles. The molecule has 2 rings (SSSR count). The predicted octanol–water partition coefficient (Wildman–Crippen LogP) is 7.58. The predicted molar refractivity (Wildman–Crippen MR) is 138 cm³/mol. The number of ether oxygens (including phenoxy) is 1. The molecule has 0 saturated heterocycles. The second kappa shape index (κ2) is 16.5. The van der Waals surface area contributed by atoms with Gasteiger partial charge in [-0.05, 0) is 100 Å². The number of benzene rings is 2. The Morgan fingerprint density at radius 3 is 1.63 bits per heavy atom. The van der Waals surface area contributed by atoms with Crippen LogP contribution in [-0.4, -0.2) is 23.7 Å². The summed E-state index contributed by atoms with van der Waals surface area (Å²) in [4.78, 5) is 22.0. The van der Waals surface area contributed by atoms with E-state index in [2.05, 4.69) is 52.1 Å².